The molecule has 0 radical (unpaired) electrons. The van der Waals surface area contributed by atoms with Gasteiger partial charge in [0.15, 0.2) is 11.1 Å². The van der Waals surface area contributed by atoms with E-state index in [0.29, 0.717) is 6.07 Å². The zero-order chi connectivity index (χ0) is 27.6. The summed E-state index contributed by atoms with van der Waals surface area (Å²) in [5, 5.41) is 2.66. The Morgan fingerprint density at radius 2 is 1.74 bits per heavy atom. The monoisotopic (exact) mass is 565 g/mol. The van der Waals surface area contributed by atoms with Gasteiger partial charge in [-0.05, 0) is 42.5 Å². The quantitative estimate of drug-likeness (QED) is 0.308. The van der Waals surface area contributed by atoms with Gasteiger partial charge in [0, 0.05) is 5.56 Å². The van der Waals surface area contributed by atoms with E-state index in [-0.39, 0.29) is 32.2 Å². The Hall–Kier alpha value is -4.09. The molecule has 1 amide bonds. The fourth-order valence-corrected chi connectivity index (χ4v) is 3.85. The van der Waals surface area contributed by atoms with Crippen molar-refractivity contribution in [2.24, 2.45) is 0 Å². The minimum Gasteiger partial charge on any atom is -0.437 e. The van der Waals surface area contributed by atoms with Gasteiger partial charge in [0.05, 0.1) is 40.3 Å². The predicted molar refractivity (Wildman–Crippen MR) is 133 cm³/mol. The molecule has 1 N–H and O–H groups in total. The van der Waals surface area contributed by atoms with Gasteiger partial charge in [-0.25, -0.2) is 9.78 Å². The molecule has 0 spiro atoms. The maximum absolute atomic E-state index is 13.5. The number of carbonyl (C=O) groups excluding carboxylic acids is 2. The van der Waals surface area contributed by atoms with Crippen LogP contribution in [0.15, 0.2) is 65.5 Å². The molecule has 0 saturated carbocycles. The fraction of sp³-hybridized carbons (Fsp3) is 0.120. The van der Waals surface area contributed by atoms with E-state index in [2.05, 4.69) is 15.0 Å². The van der Waals surface area contributed by atoms with Gasteiger partial charge >= 0.3 is 12.3 Å². The summed E-state index contributed by atoms with van der Waals surface area (Å²) < 4.78 is 51.4. The van der Waals surface area contributed by atoms with Crippen LogP contribution in [0.3, 0.4) is 0 Å². The normalized spacial score (nSPS) is 11.3. The van der Waals surface area contributed by atoms with Gasteiger partial charge in [-0.15, -0.1) is 0 Å². The Labute approximate surface area is 222 Å². The second-order valence-corrected chi connectivity index (χ2v) is 8.53. The number of methoxy groups -OCH3 is 1. The lowest BCUT2D eigenvalue weighted by atomic mass is 10.1. The second-order valence-electron chi connectivity index (χ2n) is 7.72. The number of alkyl halides is 3. The summed E-state index contributed by atoms with van der Waals surface area (Å²) in [5.74, 6) is -1.13. The molecule has 8 nitrogen and oxygen atoms in total. The number of halogens is 5. The third-order valence-corrected chi connectivity index (χ3v) is 6.06. The van der Waals surface area contributed by atoms with Crippen molar-refractivity contribution in [1.29, 1.82) is 0 Å². The van der Waals surface area contributed by atoms with Crippen LogP contribution in [0.25, 0.3) is 16.7 Å². The van der Waals surface area contributed by atoms with Crippen LogP contribution < -0.4 is 15.5 Å². The third-order valence-electron chi connectivity index (χ3n) is 5.33. The lowest BCUT2D eigenvalue weighted by molar-refractivity contribution is -0.141. The Morgan fingerprint density at radius 1 is 1.03 bits per heavy atom. The highest BCUT2D eigenvalue weighted by molar-refractivity contribution is 6.42. The molecule has 0 atom stereocenters. The van der Waals surface area contributed by atoms with Crippen LogP contribution in [0, 0.1) is 0 Å². The average Bonchev–Trinajstić information content (AvgIpc) is 2.89. The number of aromatic nitrogens is 2. The van der Waals surface area contributed by atoms with Gasteiger partial charge in [0.1, 0.15) is 5.69 Å². The highest BCUT2D eigenvalue weighted by atomic mass is 35.5. The molecule has 0 aliphatic rings. The smallest absolute Gasteiger partial charge is 0.437 e. The van der Waals surface area contributed by atoms with E-state index >= 15 is 0 Å². The van der Waals surface area contributed by atoms with Gasteiger partial charge in [-0.3, -0.25) is 14.2 Å². The summed E-state index contributed by atoms with van der Waals surface area (Å²) in [6.07, 6.45) is -6.07. The number of pyridine rings is 2. The van der Waals surface area contributed by atoms with E-state index in [1.54, 1.807) is 18.2 Å². The van der Waals surface area contributed by atoms with Crippen LogP contribution in [-0.4, -0.2) is 28.7 Å². The number of benzene rings is 2. The fourth-order valence-electron chi connectivity index (χ4n) is 3.55. The first kappa shape index (κ1) is 27.0. The van der Waals surface area contributed by atoms with Gasteiger partial charge in [-0.1, -0.05) is 41.4 Å². The summed E-state index contributed by atoms with van der Waals surface area (Å²) >= 11 is 11.9. The van der Waals surface area contributed by atoms with E-state index < -0.39 is 47.4 Å². The van der Waals surface area contributed by atoms with E-state index in [0.717, 1.165) is 17.7 Å². The van der Waals surface area contributed by atoms with Crippen LogP contribution in [0.4, 0.5) is 18.0 Å². The molecule has 4 rings (SSSR count). The largest absolute Gasteiger partial charge is 0.514 e. The third kappa shape index (κ3) is 5.43. The number of nitrogens with one attached hydrogen (secondary N) is 1. The maximum atomic E-state index is 13.5. The molecule has 38 heavy (non-hydrogen) atoms. The number of para-hydroxylation sites is 1. The van der Waals surface area contributed by atoms with E-state index in [1.807, 2.05) is 0 Å². The summed E-state index contributed by atoms with van der Waals surface area (Å²) in [5.41, 5.74) is -2.41. The lowest BCUT2D eigenvalue weighted by Gasteiger charge is -2.20. The molecule has 2 aromatic heterocycles. The van der Waals surface area contributed by atoms with E-state index in [9.17, 15) is 27.6 Å². The Bertz CT molecular complexity index is 1610. The highest BCUT2D eigenvalue weighted by Gasteiger charge is 2.34. The summed E-state index contributed by atoms with van der Waals surface area (Å²) in [6.45, 7) is -0.478. The van der Waals surface area contributed by atoms with Gasteiger partial charge in [0.2, 0.25) is 5.88 Å². The first-order valence-corrected chi connectivity index (χ1v) is 11.5. The molecule has 0 unspecified atom stereocenters. The molecule has 196 valence electrons. The van der Waals surface area contributed by atoms with Crippen LogP contribution in [0.5, 0.6) is 5.88 Å². The van der Waals surface area contributed by atoms with Crippen LogP contribution in [-0.2, 0) is 17.5 Å². The first-order valence-electron chi connectivity index (χ1n) is 10.7. The molecule has 0 fully saturated rings. The lowest BCUT2D eigenvalue weighted by Crippen LogP contribution is -2.29. The van der Waals surface area contributed by atoms with Gasteiger partial charge in [0.25, 0.3) is 5.91 Å². The number of amides is 1. The van der Waals surface area contributed by atoms with Gasteiger partial charge < -0.3 is 14.8 Å². The average molecular weight is 566 g/mol. The molecular formula is C25H16Cl2F3N3O5. The minimum atomic E-state index is -4.82. The molecule has 2 heterocycles. The summed E-state index contributed by atoms with van der Waals surface area (Å²) in [7, 11) is 1.01. The molecule has 0 saturated heterocycles. The molecule has 2 aromatic carbocycles. The van der Waals surface area contributed by atoms with Crippen LogP contribution in [0.1, 0.15) is 21.6 Å². The van der Waals surface area contributed by atoms with E-state index in [1.165, 1.54) is 30.3 Å². The van der Waals surface area contributed by atoms with Crippen molar-refractivity contribution in [3.63, 3.8) is 0 Å². The van der Waals surface area contributed by atoms with Crippen molar-refractivity contribution in [3.8, 4) is 11.6 Å². The van der Waals surface area contributed by atoms with Gasteiger partial charge in [-0.2, -0.15) is 13.2 Å². The number of carbonyl (C=O) groups is 2. The Morgan fingerprint density at radius 3 is 2.37 bits per heavy atom. The summed E-state index contributed by atoms with van der Waals surface area (Å²) in [6, 6.07) is 13.6. The number of nitrogens with zero attached hydrogens (tertiary/aromatic N) is 2. The standard InChI is InChI=1S/C25H16Cl2F3N3O5/c1-37-24(36)38-23-16(12-31-22(35)13-7-9-17(26)18(27)11-13)20(34)15-8-10-19(25(28,29)30)32-21(15)33(23)14-5-3-2-4-6-14/h2-11H,12H2,1H3,(H,31,35). The van der Waals surface area contributed by atoms with E-state index in [4.69, 9.17) is 27.9 Å². The second kappa shape index (κ2) is 10.7. The Balaban J connectivity index is 1.94. The zero-order valence-electron chi connectivity index (χ0n) is 19.3. The number of fused-ring (bicyclic) bond motifs is 1. The SMILES string of the molecule is COC(=O)Oc1c(CNC(=O)c2ccc(Cl)c(Cl)c2)c(=O)c2ccc(C(F)(F)F)nc2n1-c1ccccc1. The van der Waals surface area contributed by atoms with Crippen LogP contribution in [0.2, 0.25) is 10.0 Å². The van der Waals surface area contributed by atoms with Crippen LogP contribution >= 0.6 is 23.2 Å². The number of ether oxygens (including phenoxy) is 2. The number of rotatable bonds is 5. The number of hydrogen-bond acceptors (Lipinski definition) is 6. The molecular weight excluding hydrogens is 550 g/mol. The van der Waals surface area contributed by atoms with Crippen molar-refractivity contribution >= 4 is 46.3 Å². The summed E-state index contributed by atoms with van der Waals surface area (Å²) in [4.78, 5) is 42.0. The van der Waals surface area contributed by atoms with Crippen molar-refractivity contribution in [2.75, 3.05) is 7.11 Å². The molecule has 0 bridgehead atoms. The van der Waals surface area contributed by atoms with Crippen molar-refractivity contribution < 1.29 is 32.2 Å². The Kier molecular flexibility index (Phi) is 7.61. The van der Waals surface area contributed by atoms with Crippen molar-refractivity contribution in [2.45, 2.75) is 12.7 Å². The predicted octanol–water partition coefficient (Wildman–Crippen LogP) is 5.79. The maximum Gasteiger partial charge on any atom is 0.514 e. The first-order chi connectivity index (χ1) is 18.0. The van der Waals surface area contributed by atoms with Crippen molar-refractivity contribution in [3.05, 3.63) is 97.8 Å². The zero-order valence-corrected chi connectivity index (χ0v) is 20.8. The molecule has 4 aromatic rings. The highest BCUT2D eigenvalue weighted by Crippen LogP contribution is 2.32. The minimum absolute atomic E-state index is 0.121. The van der Waals surface area contributed by atoms with Crippen molar-refractivity contribution in [1.82, 2.24) is 14.9 Å². The molecule has 0 aliphatic carbocycles. The topological polar surface area (TPSA) is 99.5 Å². The molecule has 0 aliphatic heterocycles. The number of hydrogen-bond donors (Lipinski definition) is 1. The molecule has 13 heteroatoms.